The SMILES string of the molecule is Cc1nc2ccccc2n1C1C[C@H]2CC[C@@H](C1)N2CCC1(c2cccc(F)c2)CCN(C(=O)c2no[nH]c2=O)CC1.Cl. The summed E-state index contributed by atoms with van der Waals surface area (Å²) in [5, 5.41) is 5.66. The first kappa shape index (κ1) is 28.6. The van der Waals surface area contributed by atoms with Crippen LogP contribution in [0.25, 0.3) is 11.0 Å². The first-order valence-corrected chi connectivity index (χ1v) is 14.7. The predicted molar refractivity (Wildman–Crippen MR) is 158 cm³/mol. The van der Waals surface area contributed by atoms with E-state index in [0.29, 0.717) is 44.1 Å². The standard InChI is InChI=1S/C31H35FN6O3.ClH/c1-20-33-26-7-2-3-8-27(26)38(20)25-18-23-9-10-24(19-25)37(23)16-13-31(21-5-4-6-22(32)17-21)11-14-36(15-12-31)30(40)28-29(39)35-41-34-28;/h2-8,17,23-25H,9-16,18-19H2,1H3,(H,35,39);1H/t23-,24+,25?;. The Labute approximate surface area is 249 Å². The average Bonchev–Trinajstić information content (AvgIpc) is 3.63. The third-order valence-corrected chi connectivity index (χ3v) is 9.98. The highest BCUT2D eigenvalue weighted by Crippen LogP contribution is 2.45. The molecule has 2 aromatic carbocycles. The lowest BCUT2D eigenvalue weighted by atomic mass is 9.70. The maximum absolute atomic E-state index is 14.4. The van der Waals surface area contributed by atoms with E-state index in [-0.39, 0.29) is 29.3 Å². The van der Waals surface area contributed by atoms with Gasteiger partial charge in [-0.3, -0.25) is 19.1 Å². The molecule has 11 heteroatoms. The van der Waals surface area contributed by atoms with Gasteiger partial charge in [0.25, 0.3) is 5.91 Å². The van der Waals surface area contributed by atoms with Crippen molar-refractivity contribution in [3.05, 3.63) is 81.8 Å². The summed E-state index contributed by atoms with van der Waals surface area (Å²) in [6.45, 7) is 4.01. The molecule has 0 aliphatic carbocycles. The number of carbonyl (C=O) groups excluding carboxylic acids is 1. The van der Waals surface area contributed by atoms with E-state index in [1.807, 2.05) is 12.1 Å². The van der Waals surface area contributed by atoms with Gasteiger partial charge in [0.15, 0.2) is 0 Å². The smallest absolute Gasteiger partial charge is 0.313 e. The summed E-state index contributed by atoms with van der Waals surface area (Å²) in [6, 6.07) is 16.9. The van der Waals surface area contributed by atoms with Crippen LogP contribution in [0.15, 0.2) is 58.0 Å². The van der Waals surface area contributed by atoms with Crippen LogP contribution >= 0.6 is 12.4 Å². The van der Waals surface area contributed by atoms with Crippen LogP contribution in [0.4, 0.5) is 4.39 Å². The minimum absolute atomic E-state index is 0. The van der Waals surface area contributed by atoms with Gasteiger partial charge in [-0.1, -0.05) is 24.3 Å². The van der Waals surface area contributed by atoms with E-state index < -0.39 is 11.5 Å². The predicted octanol–water partition coefficient (Wildman–Crippen LogP) is 5.01. The van der Waals surface area contributed by atoms with Crippen LogP contribution < -0.4 is 5.56 Å². The van der Waals surface area contributed by atoms with Gasteiger partial charge in [-0.25, -0.2) is 9.37 Å². The molecular formula is C31H36ClFN6O3. The minimum atomic E-state index is -0.616. The first-order chi connectivity index (χ1) is 19.9. The van der Waals surface area contributed by atoms with Crippen molar-refractivity contribution in [2.45, 2.75) is 75.4 Å². The summed E-state index contributed by atoms with van der Waals surface area (Å²) in [7, 11) is 0. The number of imidazole rings is 1. The summed E-state index contributed by atoms with van der Waals surface area (Å²) in [4.78, 5) is 34.0. The molecule has 0 spiro atoms. The Kier molecular flexibility index (Phi) is 7.70. The van der Waals surface area contributed by atoms with E-state index in [4.69, 9.17) is 4.98 Å². The van der Waals surface area contributed by atoms with Gasteiger partial charge < -0.3 is 9.47 Å². The fraction of sp³-hybridized carbons (Fsp3) is 0.484. The van der Waals surface area contributed by atoms with Crippen molar-refractivity contribution >= 4 is 29.3 Å². The van der Waals surface area contributed by atoms with Crippen LogP contribution in [0.3, 0.4) is 0 Å². The van der Waals surface area contributed by atoms with E-state index >= 15 is 0 Å². The van der Waals surface area contributed by atoms with Gasteiger partial charge in [-0.15, -0.1) is 12.4 Å². The molecular weight excluding hydrogens is 559 g/mol. The molecule has 1 N–H and O–H groups in total. The lowest BCUT2D eigenvalue weighted by Crippen LogP contribution is -2.49. The molecule has 4 aromatic rings. The van der Waals surface area contributed by atoms with Crippen LogP contribution in [0, 0.1) is 12.7 Å². The van der Waals surface area contributed by atoms with Gasteiger partial charge in [0, 0.05) is 31.2 Å². The van der Waals surface area contributed by atoms with Crippen LogP contribution in [0.5, 0.6) is 0 Å². The fourth-order valence-electron chi connectivity index (χ4n) is 7.92. The topological polar surface area (TPSA) is 100 Å². The number of aromatic nitrogens is 4. The molecule has 1 amide bonds. The second-order valence-electron chi connectivity index (χ2n) is 12.1. The Hall–Kier alpha value is -3.50. The van der Waals surface area contributed by atoms with Crippen molar-refractivity contribution in [3.8, 4) is 0 Å². The second-order valence-corrected chi connectivity index (χ2v) is 12.1. The van der Waals surface area contributed by atoms with Crippen molar-refractivity contribution < 1.29 is 13.8 Å². The Morgan fingerprint density at radius 2 is 1.81 bits per heavy atom. The second kappa shape index (κ2) is 11.3. The van der Waals surface area contributed by atoms with E-state index in [1.165, 1.54) is 24.4 Å². The van der Waals surface area contributed by atoms with Crippen molar-refractivity contribution in [3.63, 3.8) is 0 Å². The van der Waals surface area contributed by atoms with Crippen LogP contribution in [0.1, 0.15) is 72.9 Å². The van der Waals surface area contributed by atoms with E-state index in [2.05, 4.69) is 49.5 Å². The van der Waals surface area contributed by atoms with E-state index in [1.54, 1.807) is 17.0 Å². The third-order valence-electron chi connectivity index (χ3n) is 9.98. The number of piperidine rings is 2. The van der Waals surface area contributed by atoms with Crippen LogP contribution in [-0.2, 0) is 5.41 Å². The molecule has 3 aliphatic heterocycles. The van der Waals surface area contributed by atoms with Crippen LogP contribution in [0.2, 0.25) is 0 Å². The Morgan fingerprint density at radius 3 is 2.50 bits per heavy atom. The molecule has 222 valence electrons. The lowest BCUT2D eigenvalue weighted by molar-refractivity contribution is 0.0596. The molecule has 3 saturated heterocycles. The summed E-state index contributed by atoms with van der Waals surface area (Å²) < 4.78 is 21.5. The molecule has 0 radical (unpaired) electrons. The number of hydrogen-bond donors (Lipinski definition) is 1. The van der Waals surface area contributed by atoms with Crippen molar-refractivity contribution in [1.29, 1.82) is 0 Å². The Bertz CT molecular complexity index is 1630. The number of amides is 1. The normalized spacial score (nSPS) is 23.7. The van der Waals surface area contributed by atoms with Gasteiger partial charge in [0.05, 0.1) is 11.0 Å². The minimum Gasteiger partial charge on any atom is -0.337 e. The Morgan fingerprint density at radius 1 is 1.07 bits per heavy atom. The zero-order valence-electron chi connectivity index (χ0n) is 23.7. The van der Waals surface area contributed by atoms with Crippen molar-refractivity contribution in [2.24, 2.45) is 0 Å². The molecule has 2 aromatic heterocycles. The molecule has 2 bridgehead atoms. The van der Waals surface area contributed by atoms with Gasteiger partial charge >= 0.3 is 5.56 Å². The number of hydrogen-bond acceptors (Lipinski definition) is 6. The number of H-pyrrole nitrogens is 1. The number of halogens is 2. The molecule has 7 rings (SSSR count). The zero-order valence-corrected chi connectivity index (χ0v) is 24.5. The number of rotatable bonds is 6. The lowest BCUT2D eigenvalue weighted by Gasteiger charge is -2.45. The molecule has 9 nitrogen and oxygen atoms in total. The van der Waals surface area contributed by atoms with Gasteiger partial charge in [0.1, 0.15) is 11.6 Å². The van der Waals surface area contributed by atoms with E-state index in [9.17, 15) is 14.0 Å². The summed E-state index contributed by atoms with van der Waals surface area (Å²) in [5.41, 5.74) is 2.20. The maximum atomic E-state index is 14.4. The van der Waals surface area contributed by atoms with Gasteiger partial charge in [-0.2, -0.15) is 5.16 Å². The van der Waals surface area contributed by atoms with Crippen LogP contribution in [-0.4, -0.2) is 67.3 Å². The average molecular weight is 595 g/mol. The van der Waals surface area contributed by atoms with Crippen molar-refractivity contribution in [2.75, 3.05) is 19.6 Å². The summed E-state index contributed by atoms with van der Waals surface area (Å²) in [6.07, 6.45) is 6.92. The number of nitrogens with zero attached hydrogens (tertiary/aromatic N) is 5. The highest BCUT2D eigenvalue weighted by atomic mass is 35.5. The third kappa shape index (κ3) is 4.94. The maximum Gasteiger partial charge on any atom is 0.313 e. The number of carbonyl (C=O) groups is 1. The number of para-hydroxylation sites is 2. The number of fused-ring (bicyclic) bond motifs is 3. The number of likely N-dealkylation sites (tertiary alicyclic amines) is 1. The molecule has 3 fully saturated rings. The van der Waals surface area contributed by atoms with Crippen molar-refractivity contribution in [1.82, 2.24) is 29.7 Å². The number of benzene rings is 2. The molecule has 1 unspecified atom stereocenters. The molecule has 42 heavy (non-hydrogen) atoms. The first-order valence-electron chi connectivity index (χ1n) is 14.7. The van der Waals surface area contributed by atoms with E-state index in [0.717, 1.165) is 42.7 Å². The summed E-state index contributed by atoms with van der Waals surface area (Å²) >= 11 is 0. The van der Waals surface area contributed by atoms with Gasteiger partial charge in [0.2, 0.25) is 5.69 Å². The largest absolute Gasteiger partial charge is 0.337 e. The monoisotopic (exact) mass is 594 g/mol. The molecule has 3 atom stereocenters. The fourth-order valence-corrected chi connectivity index (χ4v) is 7.92. The number of aromatic amines is 1. The molecule has 3 aliphatic rings. The molecule has 5 heterocycles. The number of aryl methyl sites for hydroxylation is 1. The zero-order chi connectivity index (χ0) is 28.1. The highest BCUT2D eigenvalue weighted by Gasteiger charge is 2.44. The number of nitrogens with one attached hydrogen (secondary N) is 1. The summed E-state index contributed by atoms with van der Waals surface area (Å²) in [5.74, 6) is 0.427. The quantitative estimate of drug-likeness (QED) is 0.337. The highest BCUT2D eigenvalue weighted by molar-refractivity contribution is 5.91. The molecule has 0 saturated carbocycles. The Balaban J connectivity index is 0.00000316. The van der Waals surface area contributed by atoms with Gasteiger partial charge in [-0.05, 0) is 98.8 Å².